The van der Waals surface area contributed by atoms with Crippen LogP contribution in [0.3, 0.4) is 0 Å². The summed E-state index contributed by atoms with van der Waals surface area (Å²) in [5.41, 5.74) is 8.42. The summed E-state index contributed by atoms with van der Waals surface area (Å²) >= 11 is 6.33. The lowest BCUT2D eigenvalue weighted by molar-refractivity contribution is 0.251. The van der Waals surface area contributed by atoms with E-state index in [1.807, 2.05) is 14.0 Å². The summed E-state index contributed by atoms with van der Waals surface area (Å²) in [4.78, 5) is 0. The second-order valence-electron chi connectivity index (χ2n) is 5.32. The van der Waals surface area contributed by atoms with Crippen LogP contribution >= 0.6 is 11.6 Å². The van der Waals surface area contributed by atoms with Crippen LogP contribution in [-0.2, 0) is 13.5 Å². The maximum atomic E-state index is 6.33. The number of hydrogen-bond acceptors (Lipinski definition) is 2. The molecule has 0 spiro atoms. The van der Waals surface area contributed by atoms with Crippen LogP contribution in [0.2, 0.25) is 5.15 Å². The van der Waals surface area contributed by atoms with E-state index >= 15 is 0 Å². The minimum Gasteiger partial charge on any atom is -0.330 e. The van der Waals surface area contributed by atoms with Crippen molar-refractivity contribution in [2.45, 2.75) is 52.9 Å². The van der Waals surface area contributed by atoms with E-state index in [1.165, 1.54) is 24.8 Å². The van der Waals surface area contributed by atoms with Gasteiger partial charge in [0.15, 0.2) is 0 Å². The normalized spacial score (nSPS) is 14.8. The maximum absolute atomic E-state index is 6.33. The summed E-state index contributed by atoms with van der Waals surface area (Å²) < 4.78 is 1.75. The van der Waals surface area contributed by atoms with Crippen LogP contribution in [0.1, 0.15) is 50.8 Å². The molecule has 104 valence electrons. The molecule has 0 saturated carbocycles. The minimum atomic E-state index is 0.174. The summed E-state index contributed by atoms with van der Waals surface area (Å²) in [6.45, 7) is 7.19. The van der Waals surface area contributed by atoms with Gasteiger partial charge in [0, 0.05) is 12.6 Å². The van der Waals surface area contributed by atoms with Crippen LogP contribution in [0.4, 0.5) is 0 Å². The van der Waals surface area contributed by atoms with E-state index in [9.17, 15) is 0 Å². The molecule has 3 nitrogen and oxygen atoms in total. The van der Waals surface area contributed by atoms with E-state index in [2.05, 4.69) is 18.9 Å². The van der Waals surface area contributed by atoms with Gasteiger partial charge in [-0.15, -0.1) is 0 Å². The summed E-state index contributed by atoms with van der Waals surface area (Å²) in [6.07, 6.45) is 5.64. The molecule has 4 heteroatoms. The monoisotopic (exact) mass is 271 g/mol. The highest BCUT2D eigenvalue weighted by molar-refractivity contribution is 6.30. The van der Waals surface area contributed by atoms with Crippen molar-refractivity contribution in [1.29, 1.82) is 0 Å². The zero-order valence-electron chi connectivity index (χ0n) is 12.1. The average Bonchev–Trinajstić information content (AvgIpc) is 2.61. The second-order valence-corrected chi connectivity index (χ2v) is 5.67. The molecule has 0 aromatic carbocycles. The average molecular weight is 272 g/mol. The Balaban J connectivity index is 2.95. The summed E-state index contributed by atoms with van der Waals surface area (Å²) in [5, 5.41) is 5.15. The van der Waals surface area contributed by atoms with Crippen molar-refractivity contribution >= 4 is 11.6 Å². The number of unbranched alkanes of at least 4 members (excludes halogenated alkanes) is 1. The Morgan fingerprint density at radius 1 is 1.39 bits per heavy atom. The molecule has 0 saturated heterocycles. The third-order valence-electron chi connectivity index (χ3n) is 4.07. The highest BCUT2D eigenvalue weighted by Gasteiger charge is 2.29. The Morgan fingerprint density at radius 2 is 2.06 bits per heavy atom. The lowest BCUT2D eigenvalue weighted by Gasteiger charge is -2.31. The van der Waals surface area contributed by atoms with Gasteiger partial charge in [-0.2, -0.15) is 5.10 Å². The van der Waals surface area contributed by atoms with E-state index in [0.29, 0.717) is 6.54 Å². The predicted octanol–water partition coefficient (Wildman–Crippen LogP) is 3.47. The molecule has 1 heterocycles. The molecule has 1 aromatic rings. The van der Waals surface area contributed by atoms with Gasteiger partial charge in [-0.25, -0.2) is 0 Å². The van der Waals surface area contributed by atoms with Crippen molar-refractivity contribution in [2.24, 2.45) is 18.2 Å². The molecular weight excluding hydrogens is 246 g/mol. The van der Waals surface area contributed by atoms with E-state index in [1.54, 1.807) is 4.68 Å². The molecule has 1 aromatic heterocycles. The third kappa shape index (κ3) is 3.27. The van der Waals surface area contributed by atoms with Crippen molar-refractivity contribution < 1.29 is 0 Å². The van der Waals surface area contributed by atoms with Crippen LogP contribution in [0, 0.1) is 12.3 Å². The standard InChI is InChI=1S/C14H26ClN3/c1-5-7-8-14(6-2,10-16)9-12-11(3)17-18(4)13(12)15/h5-10,16H2,1-4H3. The number of halogens is 1. The Kier molecular flexibility index (Phi) is 5.67. The highest BCUT2D eigenvalue weighted by Crippen LogP contribution is 2.35. The largest absolute Gasteiger partial charge is 0.330 e. The molecule has 18 heavy (non-hydrogen) atoms. The quantitative estimate of drug-likeness (QED) is 0.825. The van der Waals surface area contributed by atoms with E-state index < -0.39 is 0 Å². The number of nitrogens with two attached hydrogens (primary N) is 1. The van der Waals surface area contributed by atoms with E-state index in [-0.39, 0.29) is 5.41 Å². The fraction of sp³-hybridized carbons (Fsp3) is 0.786. The fourth-order valence-electron chi connectivity index (χ4n) is 2.51. The molecule has 0 aliphatic carbocycles. The summed E-state index contributed by atoms with van der Waals surface area (Å²) in [6, 6.07) is 0. The van der Waals surface area contributed by atoms with Crippen molar-refractivity contribution in [3.63, 3.8) is 0 Å². The molecule has 0 fully saturated rings. The van der Waals surface area contributed by atoms with Crippen LogP contribution in [0.15, 0.2) is 0 Å². The zero-order chi connectivity index (χ0) is 13.8. The topological polar surface area (TPSA) is 43.8 Å². The predicted molar refractivity (Wildman–Crippen MR) is 78.0 cm³/mol. The molecule has 1 unspecified atom stereocenters. The maximum Gasteiger partial charge on any atom is 0.130 e. The molecule has 1 rings (SSSR count). The first-order valence-corrected chi connectivity index (χ1v) is 7.25. The van der Waals surface area contributed by atoms with Gasteiger partial charge < -0.3 is 5.73 Å². The van der Waals surface area contributed by atoms with Crippen molar-refractivity contribution in [1.82, 2.24) is 9.78 Å². The van der Waals surface area contributed by atoms with Crippen molar-refractivity contribution in [3.8, 4) is 0 Å². The van der Waals surface area contributed by atoms with E-state index in [0.717, 1.165) is 23.7 Å². The minimum absolute atomic E-state index is 0.174. The third-order valence-corrected chi connectivity index (χ3v) is 4.54. The molecule has 0 aliphatic rings. The first-order chi connectivity index (χ1) is 8.49. The first kappa shape index (κ1) is 15.5. The number of nitrogens with zero attached hydrogens (tertiary/aromatic N) is 2. The van der Waals surface area contributed by atoms with Gasteiger partial charge in [0.2, 0.25) is 0 Å². The molecule has 0 amide bonds. The number of aromatic nitrogens is 2. The first-order valence-electron chi connectivity index (χ1n) is 6.87. The van der Waals surface area contributed by atoms with Crippen LogP contribution in [0.5, 0.6) is 0 Å². The van der Waals surface area contributed by atoms with Gasteiger partial charge >= 0.3 is 0 Å². The molecule has 0 aliphatic heterocycles. The Hall–Kier alpha value is -0.540. The molecule has 1 atom stereocenters. The highest BCUT2D eigenvalue weighted by atomic mass is 35.5. The molecule has 2 N–H and O–H groups in total. The van der Waals surface area contributed by atoms with Gasteiger partial charge in [0.1, 0.15) is 5.15 Å². The lowest BCUT2D eigenvalue weighted by atomic mass is 9.75. The van der Waals surface area contributed by atoms with Crippen molar-refractivity contribution in [3.05, 3.63) is 16.4 Å². The van der Waals surface area contributed by atoms with Crippen LogP contribution in [0.25, 0.3) is 0 Å². The van der Waals surface area contributed by atoms with E-state index in [4.69, 9.17) is 17.3 Å². The Morgan fingerprint density at radius 3 is 2.44 bits per heavy atom. The van der Waals surface area contributed by atoms with Crippen molar-refractivity contribution in [2.75, 3.05) is 6.54 Å². The van der Waals surface area contributed by atoms with Gasteiger partial charge in [0.25, 0.3) is 0 Å². The van der Waals surface area contributed by atoms with Crippen LogP contribution in [-0.4, -0.2) is 16.3 Å². The fourth-order valence-corrected chi connectivity index (χ4v) is 2.75. The van der Waals surface area contributed by atoms with Gasteiger partial charge in [-0.3, -0.25) is 4.68 Å². The molecule has 0 radical (unpaired) electrons. The second kappa shape index (κ2) is 6.58. The smallest absolute Gasteiger partial charge is 0.130 e. The SMILES string of the molecule is CCCCC(CC)(CN)Cc1c(C)nn(C)c1Cl. The van der Waals surface area contributed by atoms with Gasteiger partial charge in [0.05, 0.1) is 5.69 Å². The summed E-state index contributed by atoms with van der Waals surface area (Å²) in [5.74, 6) is 0. The number of hydrogen-bond donors (Lipinski definition) is 1. The van der Waals surface area contributed by atoms with Gasteiger partial charge in [-0.1, -0.05) is 38.3 Å². The molecule has 0 bridgehead atoms. The summed E-state index contributed by atoms with van der Waals surface area (Å²) in [7, 11) is 1.89. The Bertz CT molecular complexity index is 381. The van der Waals surface area contributed by atoms with Gasteiger partial charge in [-0.05, 0) is 38.1 Å². The van der Waals surface area contributed by atoms with Crippen LogP contribution < -0.4 is 5.73 Å². The zero-order valence-corrected chi connectivity index (χ0v) is 12.8. The lowest BCUT2D eigenvalue weighted by Crippen LogP contribution is -2.32. The number of aryl methyl sites for hydroxylation is 2. The Labute approximate surface area is 116 Å². The molecular formula is C14H26ClN3. The number of rotatable bonds is 7.